The van der Waals surface area contributed by atoms with Crippen molar-refractivity contribution in [3.05, 3.63) is 200 Å². The van der Waals surface area contributed by atoms with Crippen molar-refractivity contribution in [1.82, 2.24) is 24.5 Å². The van der Waals surface area contributed by atoms with E-state index in [1.54, 1.807) is 11.3 Å². The van der Waals surface area contributed by atoms with Crippen LogP contribution in [0, 0.1) is 0 Å². The van der Waals surface area contributed by atoms with Gasteiger partial charge >= 0.3 is 0 Å². The van der Waals surface area contributed by atoms with Gasteiger partial charge in [0.05, 0.1) is 11.0 Å². The highest BCUT2D eigenvalue weighted by Crippen LogP contribution is 2.42. The Morgan fingerprint density at radius 1 is 0.362 bits per heavy atom. The molecule has 5 nitrogen and oxygen atoms in total. The molecule has 11 aromatic rings. The third-order valence-corrected chi connectivity index (χ3v) is 11.8. The molecule has 58 heavy (non-hydrogen) atoms. The second-order valence-corrected chi connectivity index (χ2v) is 15.4. The van der Waals surface area contributed by atoms with Crippen LogP contribution in [0.25, 0.3) is 105 Å². The molecule has 0 unspecified atom stereocenters. The van der Waals surface area contributed by atoms with Crippen LogP contribution in [0.1, 0.15) is 0 Å². The summed E-state index contributed by atoms with van der Waals surface area (Å²) in [5, 5.41) is 2.28. The van der Waals surface area contributed by atoms with Gasteiger partial charge in [-0.05, 0) is 76.9 Å². The van der Waals surface area contributed by atoms with E-state index in [0.717, 1.165) is 77.8 Å². The van der Waals surface area contributed by atoms with E-state index >= 15 is 0 Å². The molecule has 11 rings (SSSR count). The first-order chi connectivity index (χ1) is 28.7. The van der Waals surface area contributed by atoms with Crippen LogP contribution in [-0.2, 0) is 0 Å². The van der Waals surface area contributed by atoms with E-state index in [1.807, 2.05) is 42.5 Å². The Labute approximate surface area is 339 Å². The fourth-order valence-corrected chi connectivity index (χ4v) is 9.07. The lowest BCUT2D eigenvalue weighted by Gasteiger charge is -2.13. The molecule has 0 saturated heterocycles. The quantitative estimate of drug-likeness (QED) is 0.162. The largest absolute Gasteiger partial charge is 0.292 e. The van der Waals surface area contributed by atoms with Crippen molar-refractivity contribution < 1.29 is 0 Å². The summed E-state index contributed by atoms with van der Waals surface area (Å²) in [4.78, 5) is 20.8. The van der Waals surface area contributed by atoms with Gasteiger partial charge < -0.3 is 0 Å². The molecule has 0 aliphatic heterocycles. The Kier molecular flexibility index (Phi) is 8.26. The zero-order valence-electron chi connectivity index (χ0n) is 31.2. The summed E-state index contributed by atoms with van der Waals surface area (Å²) in [5.74, 6) is 2.80. The van der Waals surface area contributed by atoms with Gasteiger partial charge in [0.15, 0.2) is 17.5 Å². The van der Waals surface area contributed by atoms with E-state index in [9.17, 15) is 0 Å². The number of imidazole rings is 1. The van der Waals surface area contributed by atoms with Gasteiger partial charge in [0, 0.05) is 48.1 Å². The van der Waals surface area contributed by atoms with Gasteiger partial charge in [0.1, 0.15) is 5.82 Å². The lowest BCUT2D eigenvalue weighted by Crippen LogP contribution is -2.01. The fraction of sp³-hybridized carbons (Fsp3) is 0. The van der Waals surface area contributed by atoms with E-state index in [2.05, 4.69) is 162 Å². The number of para-hydroxylation sites is 3. The molecule has 0 amide bonds. The maximum absolute atomic E-state index is 5.31. The topological polar surface area (TPSA) is 56.5 Å². The number of benzene rings is 8. The first kappa shape index (κ1) is 33.8. The van der Waals surface area contributed by atoms with Gasteiger partial charge in [-0.1, -0.05) is 146 Å². The van der Waals surface area contributed by atoms with Crippen molar-refractivity contribution in [2.24, 2.45) is 0 Å². The highest BCUT2D eigenvalue weighted by atomic mass is 32.1. The zero-order chi connectivity index (χ0) is 38.4. The van der Waals surface area contributed by atoms with Crippen LogP contribution in [0.15, 0.2) is 200 Å². The van der Waals surface area contributed by atoms with Crippen molar-refractivity contribution >= 4 is 42.5 Å². The lowest BCUT2D eigenvalue weighted by molar-refractivity contribution is 1.08. The van der Waals surface area contributed by atoms with E-state index in [4.69, 9.17) is 19.9 Å². The van der Waals surface area contributed by atoms with Gasteiger partial charge in [-0.25, -0.2) is 19.9 Å². The summed E-state index contributed by atoms with van der Waals surface area (Å²) in [6.45, 7) is 0. The molecule has 0 atom stereocenters. The first-order valence-electron chi connectivity index (χ1n) is 19.3. The SMILES string of the molecule is c1ccc(-c2cc(-c3ccccc3)cc(-c3nc(-c4ccccc4)nc(-c4cccc5sc6cc(-c7nc8ccccc8n7-c7ccccc7)ccc6c45)n3)c2)cc1. The maximum Gasteiger partial charge on any atom is 0.164 e. The van der Waals surface area contributed by atoms with E-state index in [1.165, 1.54) is 9.40 Å². The van der Waals surface area contributed by atoms with Crippen LogP contribution in [0.2, 0.25) is 0 Å². The summed E-state index contributed by atoms with van der Waals surface area (Å²) >= 11 is 1.78. The van der Waals surface area contributed by atoms with Crippen LogP contribution < -0.4 is 0 Å². The number of fused-ring (bicyclic) bond motifs is 4. The van der Waals surface area contributed by atoms with Crippen molar-refractivity contribution in [2.45, 2.75) is 0 Å². The molecule has 0 fully saturated rings. The minimum atomic E-state index is 0.623. The minimum absolute atomic E-state index is 0.623. The first-order valence-corrected chi connectivity index (χ1v) is 20.1. The number of rotatable bonds is 7. The Hall–Kier alpha value is -7.54. The van der Waals surface area contributed by atoms with Crippen molar-refractivity contribution in [2.75, 3.05) is 0 Å². The van der Waals surface area contributed by atoms with Crippen molar-refractivity contribution in [1.29, 1.82) is 0 Å². The molecule has 0 aliphatic carbocycles. The van der Waals surface area contributed by atoms with Crippen molar-refractivity contribution in [3.8, 4) is 73.5 Å². The van der Waals surface area contributed by atoms with Gasteiger partial charge in [-0.2, -0.15) is 0 Å². The molecule has 0 bridgehead atoms. The summed E-state index contributed by atoms with van der Waals surface area (Å²) in [6, 6.07) is 69.7. The van der Waals surface area contributed by atoms with Gasteiger partial charge in [0.2, 0.25) is 0 Å². The third-order valence-electron chi connectivity index (χ3n) is 10.6. The molecule has 3 aromatic heterocycles. The van der Waals surface area contributed by atoms with Crippen LogP contribution in [0.3, 0.4) is 0 Å². The predicted octanol–water partition coefficient (Wildman–Crippen LogP) is 13.6. The molecule has 0 saturated carbocycles. The number of nitrogens with zero attached hydrogens (tertiary/aromatic N) is 5. The Balaban J connectivity index is 1.10. The van der Waals surface area contributed by atoms with E-state index in [-0.39, 0.29) is 0 Å². The summed E-state index contributed by atoms with van der Waals surface area (Å²) < 4.78 is 4.59. The second-order valence-electron chi connectivity index (χ2n) is 14.3. The molecule has 8 aromatic carbocycles. The lowest BCUT2D eigenvalue weighted by atomic mass is 9.96. The molecular weight excluding hydrogens is 727 g/mol. The van der Waals surface area contributed by atoms with E-state index < -0.39 is 0 Å². The summed E-state index contributed by atoms with van der Waals surface area (Å²) in [6.07, 6.45) is 0. The number of thiophene rings is 1. The predicted molar refractivity (Wildman–Crippen MR) is 240 cm³/mol. The number of aromatic nitrogens is 5. The van der Waals surface area contributed by atoms with Gasteiger partial charge in [-0.15, -0.1) is 11.3 Å². The molecule has 272 valence electrons. The average molecular weight is 760 g/mol. The zero-order valence-corrected chi connectivity index (χ0v) is 32.0. The molecule has 0 N–H and O–H groups in total. The van der Waals surface area contributed by atoms with Gasteiger partial charge in [-0.3, -0.25) is 4.57 Å². The van der Waals surface area contributed by atoms with Crippen molar-refractivity contribution in [3.63, 3.8) is 0 Å². The Morgan fingerprint density at radius 3 is 1.62 bits per heavy atom. The highest BCUT2D eigenvalue weighted by Gasteiger charge is 2.20. The normalized spacial score (nSPS) is 11.4. The molecular formula is C52H33N5S. The van der Waals surface area contributed by atoms with Crippen LogP contribution in [0.5, 0.6) is 0 Å². The maximum atomic E-state index is 5.31. The summed E-state index contributed by atoms with van der Waals surface area (Å²) in [5.41, 5.74) is 11.5. The smallest absolute Gasteiger partial charge is 0.164 e. The number of hydrogen-bond donors (Lipinski definition) is 0. The molecule has 0 radical (unpaired) electrons. The third kappa shape index (κ3) is 6.04. The Bertz CT molecular complexity index is 3210. The van der Waals surface area contributed by atoms with Crippen LogP contribution in [-0.4, -0.2) is 24.5 Å². The average Bonchev–Trinajstić information content (AvgIpc) is 3.89. The molecule has 0 spiro atoms. The second kappa shape index (κ2) is 14.2. The number of hydrogen-bond acceptors (Lipinski definition) is 5. The monoisotopic (exact) mass is 759 g/mol. The Morgan fingerprint density at radius 2 is 0.931 bits per heavy atom. The fourth-order valence-electron chi connectivity index (χ4n) is 7.90. The van der Waals surface area contributed by atoms with Gasteiger partial charge in [0.25, 0.3) is 0 Å². The van der Waals surface area contributed by atoms with Crippen LogP contribution >= 0.6 is 11.3 Å². The van der Waals surface area contributed by atoms with E-state index in [0.29, 0.717) is 17.5 Å². The molecule has 0 aliphatic rings. The van der Waals surface area contributed by atoms with Crippen LogP contribution in [0.4, 0.5) is 0 Å². The molecule has 6 heteroatoms. The molecule has 3 heterocycles. The highest BCUT2D eigenvalue weighted by molar-refractivity contribution is 7.26. The summed E-state index contributed by atoms with van der Waals surface area (Å²) in [7, 11) is 0. The standard InChI is InChI=1S/C52H33N5S/c1-5-16-34(17-6-1)38-30-39(35-18-7-2-8-19-35)32-40(31-38)50-54-49(36-20-9-3-10-21-36)55-51(56-50)43-24-15-27-46-48(43)42-29-28-37(33-47(42)58-46)52-53-44-25-13-14-26-45(44)57(52)41-22-11-4-12-23-41/h1-33H. The minimum Gasteiger partial charge on any atom is -0.292 e.